The normalized spacial score (nSPS) is 10.1. The molecule has 2 nitrogen and oxygen atoms in total. The highest BCUT2D eigenvalue weighted by atomic mass is 32.2. The molecule has 0 unspecified atom stereocenters. The lowest BCUT2D eigenvalue weighted by molar-refractivity contribution is -0.127. The summed E-state index contributed by atoms with van der Waals surface area (Å²) in [5, 5.41) is 0. The first kappa shape index (κ1) is 12.1. The van der Waals surface area contributed by atoms with Crippen molar-refractivity contribution < 1.29 is 4.79 Å². The summed E-state index contributed by atoms with van der Waals surface area (Å²) in [6.45, 7) is 2.38. The van der Waals surface area contributed by atoms with Crippen molar-refractivity contribution in [1.82, 2.24) is 4.90 Å². The topological polar surface area (TPSA) is 20.3 Å². The molecule has 15 heavy (non-hydrogen) atoms. The minimum absolute atomic E-state index is 0.121. The molecule has 0 aliphatic carbocycles. The Labute approximate surface area is 95.7 Å². The molecule has 0 saturated carbocycles. The second kappa shape index (κ2) is 5.81. The van der Waals surface area contributed by atoms with Gasteiger partial charge in [-0.25, -0.2) is 0 Å². The molecular formula is C12H17NOS. The van der Waals surface area contributed by atoms with Gasteiger partial charge >= 0.3 is 0 Å². The Balaban J connectivity index is 2.47. The molecule has 0 aromatic heterocycles. The molecule has 1 amide bonds. The molecule has 0 radical (unpaired) electrons. The average molecular weight is 223 g/mol. The maximum atomic E-state index is 11.0. The van der Waals surface area contributed by atoms with E-state index in [-0.39, 0.29) is 5.91 Å². The summed E-state index contributed by atoms with van der Waals surface area (Å²) in [6, 6.07) is 8.49. The van der Waals surface area contributed by atoms with Gasteiger partial charge in [0.2, 0.25) is 5.91 Å². The monoisotopic (exact) mass is 223 g/mol. The molecule has 82 valence electrons. The highest BCUT2D eigenvalue weighted by Gasteiger charge is 2.01. The summed E-state index contributed by atoms with van der Waals surface area (Å²) in [5.41, 5.74) is 1.28. The van der Waals surface area contributed by atoms with Crippen LogP contribution in [0.4, 0.5) is 0 Å². The van der Waals surface area contributed by atoms with Crippen molar-refractivity contribution in [1.29, 1.82) is 0 Å². The average Bonchev–Trinajstić information content (AvgIpc) is 2.26. The Morgan fingerprint density at radius 2 is 1.93 bits per heavy atom. The number of amides is 1. The van der Waals surface area contributed by atoms with Gasteiger partial charge in [0.25, 0.3) is 0 Å². The third-order valence-corrected chi connectivity index (χ3v) is 3.18. The van der Waals surface area contributed by atoms with Crippen molar-refractivity contribution in [2.45, 2.75) is 18.2 Å². The van der Waals surface area contributed by atoms with Crippen LogP contribution in [0.3, 0.4) is 0 Å². The van der Waals surface area contributed by atoms with Crippen molar-refractivity contribution in [2.75, 3.05) is 19.8 Å². The Morgan fingerprint density at radius 1 is 1.33 bits per heavy atom. The minimum Gasteiger partial charge on any atom is -0.346 e. The highest BCUT2D eigenvalue weighted by molar-refractivity contribution is 7.98. The predicted molar refractivity (Wildman–Crippen MR) is 65.2 cm³/mol. The summed E-state index contributed by atoms with van der Waals surface area (Å²) in [4.78, 5) is 14.0. The van der Waals surface area contributed by atoms with E-state index in [1.54, 1.807) is 23.6 Å². The van der Waals surface area contributed by atoms with Gasteiger partial charge in [0.1, 0.15) is 0 Å². The minimum atomic E-state index is 0.121. The van der Waals surface area contributed by atoms with Crippen LogP contribution in [-0.4, -0.2) is 30.7 Å². The molecule has 0 spiro atoms. The Morgan fingerprint density at radius 3 is 2.40 bits per heavy atom. The molecule has 0 heterocycles. The van der Waals surface area contributed by atoms with E-state index in [0.29, 0.717) is 0 Å². The summed E-state index contributed by atoms with van der Waals surface area (Å²) in [7, 11) is 1.83. The molecule has 0 saturated heterocycles. The maximum absolute atomic E-state index is 11.0. The molecule has 0 bridgehead atoms. The number of likely N-dealkylation sites (N-methyl/N-ethyl adjacent to an activating group) is 1. The quantitative estimate of drug-likeness (QED) is 0.731. The molecule has 3 heteroatoms. The lowest BCUT2D eigenvalue weighted by Crippen LogP contribution is -2.26. The zero-order chi connectivity index (χ0) is 11.3. The fourth-order valence-corrected chi connectivity index (χ4v) is 1.65. The number of nitrogens with zero attached hydrogens (tertiary/aromatic N) is 1. The van der Waals surface area contributed by atoms with E-state index in [2.05, 4.69) is 30.5 Å². The standard InChI is InChI=1S/C12H17NOS/c1-10(14)13(2)9-8-11-4-6-12(15-3)7-5-11/h4-7H,8-9H2,1-3H3. The second-order valence-electron chi connectivity index (χ2n) is 3.54. The zero-order valence-electron chi connectivity index (χ0n) is 9.49. The highest BCUT2D eigenvalue weighted by Crippen LogP contribution is 2.15. The van der Waals surface area contributed by atoms with Gasteiger partial charge in [-0.3, -0.25) is 4.79 Å². The van der Waals surface area contributed by atoms with Crippen LogP contribution in [0.5, 0.6) is 0 Å². The predicted octanol–water partition coefficient (Wildman–Crippen LogP) is 2.43. The smallest absolute Gasteiger partial charge is 0.219 e. The lowest BCUT2D eigenvalue weighted by atomic mass is 10.1. The van der Waals surface area contributed by atoms with E-state index in [1.165, 1.54) is 10.5 Å². The largest absolute Gasteiger partial charge is 0.346 e. The number of carbonyl (C=O) groups excluding carboxylic acids is 1. The third kappa shape index (κ3) is 3.96. The van der Waals surface area contributed by atoms with Crippen molar-refractivity contribution in [3.8, 4) is 0 Å². The molecule has 0 aliphatic rings. The number of carbonyl (C=O) groups is 1. The molecule has 0 fully saturated rings. The van der Waals surface area contributed by atoms with Crippen LogP contribution in [0.1, 0.15) is 12.5 Å². The number of benzene rings is 1. The van der Waals surface area contributed by atoms with Crippen LogP contribution in [0.15, 0.2) is 29.2 Å². The van der Waals surface area contributed by atoms with Gasteiger partial charge in [0, 0.05) is 25.4 Å². The fourth-order valence-electron chi connectivity index (χ4n) is 1.25. The Kier molecular flexibility index (Phi) is 4.69. The molecule has 1 rings (SSSR count). The van der Waals surface area contributed by atoms with Gasteiger partial charge in [-0.2, -0.15) is 0 Å². The number of hydrogen-bond acceptors (Lipinski definition) is 2. The van der Waals surface area contributed by atoms with Crippen LogP contribution < -0.4 is 0 Å². The van der Waals surface area contributed by atoms with Crippen molar-refractivity contribution >= 4 is 17.7 Å². The molecule has 1 aromatic carbocycles. The number of rotatable bonds is 4. The SMILES string of the molecule is CSc1ccc(CCN(C)C(C)=O)cc1. The van der Waals surface area contributed by atoms with Gasteiger partial charge in [-0.05, 0) is 30.4 Å². The van der Waals surface area contributed by atoms with Crippen LogP contribution in [-0.2, 0) is 11.2 Å². The van der Waals surface area contributed by atoms with Crippen LogP contribution in [0.25, 0.3) is 0 Å². The van der Waals surface area contributed by atoms with Crippen LogP contribution in [0, 0.1) is 0 Å². The summed E-state index contributed by atoms with van der Waals surface area (Å²) >= 11 is 1.74. The third-order valence-electron chi connectivity index (χ3n) is 2.43. The number of thioether (sulfide) groups is 1. The zero-order valence-corrected chi connectivity index (χ0v) is 10.3. The first-order valence-corrected chi connectivity index (χ1v) is 6.20. The Hall–Kier alpha value is -0.960. The van der Waals surface area contributed by atoms with Gasteiger partial charge in [-0.1, -0.05) is 12.1 Å². The fraction of sp³-hybridized carbons (Fsp3) is 0.417. The Bertz CT molecular complexity index is 321. The van der Waals surface area contributed by atoms with Gasteiger partial charge in [0.15, 0.2) is 0 Å². The van der Waals surface area contributed by atoms with E-state index in [0.717, 1.165) is 13.0 Å². The second-order valence-corrected chi connectivity index (χ2v) is 4.42. The van der Waals surface area contributed by atoms with Crippen molar-refractivity contribution in [2.24, 2.45) is 0 Å². The van der Waals surface area contributed by atoms with Gasteiger partial charge in [0.05, 0.1) is 0 Å². The summed E-state index contributed by atoms with van der Waals surface area (Å²) < 4.78 is 0. The van der Waals surface area contributed by atoms with Crippen LogP contribution >= 0.6 is 11.8 Å². The van der Waals surface area contributed by atoms with E-state index >= 15 is 0 Å². The number of hydrogen-bond donors (Lipinski definition) is 0. The van der Waals surface area contributed by atoms with Crippen molar-refractivity contribution in [3.05, 3.63) is 29.8 Å². The van der Waals surface area contributed by atoms with E-state index in [9.17, 15) is 4.79 Å². The molecule has 0 aliphatic heterocycles. The summed E-state index contributed by atoms with van der Waals surface area (Å²) in [5.74, 6) is 0.121. The molecular weight excluding hydrogens is 206 g/mol. The maximum Gasteiger partial charge on any atom is 0.219 e. The van der Waals surface area contributed by atoms with Gasteiger partial charge in [-0.15, -0.1) is 11.8 Å². The van der Waals surface area contributed by atoms with E-state index in [4.69, 9.17) is 0 Å². The van der Waals surface area contributed by atoms with Crippen molar-refractivity contribution in [3.63, 3.8) is 0 Å². The summed E-state index contributed by atoms with van der Waals surface area (Å²) in [6.07, 6.45) is 2.99. The van der Waals surface area contributed by atoms with Crippen LogP contribution in [0.2, 0.25) is 0 Å². The first-order chi connectivity index (χ1) is 7.13. The lowest BCUT2D eigenvalue weighted by Gasteiger charge is -2.14. The molecule has 0 N–H and O–H groups in total. The molecule has 0 atom stereocenters. The van der Waals surface area contributed by atoms with Gasteiger partial charge < -0.3 is 4.90 Å². The molecule has 1 aromatic rings. The first-order valence-electron chi connectivity index (χ1n) is 4.98. The van der Waals surface area contributed by atoms with E-state index < -0.39 is 0 Å². The van der Waals surface area contributed by atoms with E-state index in [1.807, 2.05) is 7.05 Å².